The minimum Gasteiger partial charge on any atom is -0.385 e. The van der Waals surface area contributed by atoms with E-state index in [0.29, 0.717) is 11.6 Å². The predicted octanol–water partition coefficient (Wildman–Crippen LogP) is 9.87. The first-order valence-corrected chi connectivity index (χ1v) is 14.8. The maximum absolute atomic E-state index is 6.86. The molecule has 2 heterocycles. The maximum atomic E-state index is 6.86. The first-order valence-electron chi connectivity index (χ1n) is 14.8. The molecule has 4 aromatic carbocycles. The van der Waals surface area contributed by atoms with Crippen molar-refractivity contribution in [1.29, 1.82) is 0 Å². The van der Waals surface area contributed by atoms with Crippen LogP contribution in [0.5, 0.6) is 0 Å². The average molecular weight is 555 g/mol. The zero-order valence-corrected chi connectivity index (χ0v) is 25.4. The van der Waals surface area contributed by atoms with E-state index in [2.05, 4.69) is 90.7 Å². The van der Waals surface area contributed by atoms with Gasteiger partial charge in [0.25, 0.3) is 0 Å². The molecule has 4 nitrogen and oxygen atoms in total. The third kappa shape index (κ3) is 6.03. The van der Waals surface area contributed by atoms with Crippen LogP contribution < -0.4 is 16.4 Å². The fraction of sp³-hybridized carbons (Fsp3) is 0.158. The summed E-state index contributed by atoms with van der Waals surface area (Å²) in [5.74, 6) is 1.20. The van der Waals surface area contributed by atoms with Gasteiger partial charge in [-0.1, -0.05) is 119 Å². The summed E-state index contributed by atoms with van der Waals surface area (Å²) >= 11 is 0. The van der Waals surface area contributed by atoms with Crippen LogP contribution in [0.25, 0.3) is 28.4 Å². The molecule has 1 aromatic heterocycles. The lowest BCUT2D eigenvalue weighted by Gasteiger charge is -2.22. The lowest BCUT2D eigenvalue weighted by atomic mass is 10.1. The summed E-state index contributed by atoms with van der Waals surface area (Å²) in [6.45, 7) is 10.1. The number of allylic oxidation sites excluding steroid dienone is 4. The van der Waals surface area contributed by atoms with Crippen LogP contribution in [0.2, 0.25) is 0 Å². The predicted molar refractivity (Wildman–Crippen MR) is 184 cm³/mol. The largest absolute Gasteiger partial charge is 0.385 e. The van der Waals surface area contributed by atoms with Gasteiger partial charge in [-0.2, -0.15) is 0 Å². The zero-order chi connectivity index (χ0) is 30.1. The molecule has 0 saturated carbocycles. The number of rotatable bonds is 5. The highest BCUT2D eigenvalue weighted by Crippen LogP contribution is 2.42. The van der Waals surface area contributed by atoms with Gasteiger partial charge in [-0.25, -0.2) is 0 Å². The quantitative estimate of drug-likeness (QED) is 0.213. The molecule has 214 valence electrons. The monoisotopic (exact) mass is 554 g/mol. The van der Waals surface area contributed by atoms with Gasteiger partial charge in [0.15, 0.2) is 0 Å². The Morgan fingerprint density at radius 2 is 1.31 bits per heavy atom. The SMILES string of the molecule is C/C(=C\C=C(/N)n1c(N)c(/C=C2\Cc3ccccc3N2c2ccccc2)c2ccccc21)c1ccccc1.CC.CC. The number of nitrogens with two attached hydrogens (primary N) is 2. The molecular formula is C38H42N4. The topological polar surface area (TPSA) is 60.2 Å². The molecule has 1 aliphatic heterocycles. The molecule has 0 bridgehead atoms. The first-order chi connectivity index (χ1) is 20.6. The van der Waals surface area contributed by atoms with Crippen LogP contribution in [-0.4, -0.2) is 4.57 Å². The van der Waals surface area contributed by atoms with E-state index < -0.39 is 0 Å². The van der Waals surface area contributed by atoms with Gasteiger partial charge < -0.3 is 16.4 Å². The molecule has 0 unspecified atom stereocenters. The summed E-state index contributed by atoms with van der Waals surface area (Å²) in [7, 11) is 0. The van der Waals surface area contributed by atoms with Crippen molar-refractivity contribution in [2.45, 2.75) is 41.0 Å². The van der Waals surface area contributed by atoms with Crippen molar-refractivity contribution in [3.05, 3.63) is 144 Å². The van der Waals surface area contributed by atoms with E-state index in [9.17, 15) is 0 Å². The van der Waals surface area contributed by atoms with Crippen molar-refractivity contribution in [2.24, 2.45) is 5.73 Å². The summed E-state index contributed by atoms with van der Waals surface area (Å²) in [5.41, 5.74) is 22.6. The van der Waals surface area contributed by atoms with Crippen molar-refractivity contribution in [1.82, 2.24) is 4.57 Å². The molecule has 0 aliphatic carbocycles. The van der Waals surface area contributed by atoms with Gasteiger partial charge in [-0.05, 0) is 60.0 Å². The number of fused-ring (bicyclic) bond motifs is 2. The van der Waals surface area contributed by atoms with Crippen molar-refractivity contribution in [2.75, 3.05) is 10.6 Å². The Labute approximate surface area is 250 Å². The molecule has 6 rings (SSSR count). The normalized spacial score (nSPS) is 13.7. The Morgan fingerprint density at radius 1 is 0.714 bits per heavy atom. The number of anilines is 3. The van der Waals surface area contributed by atoms with Crippen LogP contribution in [0.15, 0.2) is 127 Å². The molecule has 0 radical (unpaired) electrons. The highest BCUT2D eigenvalue weighted by molar-refractivity contribution is 5.99. The van der Waals surface area contributed by atoms with Crippen LogP contribution in [0.3, 0.4) is 0 Å². The number of nitrogen functional groups attached to an aromatic ring is 1. The zero-order valence-electron chi connectivity index (χ0n) is 25.4. The van der Waals surface area contributed by atoms with Crippen LogP contribution in [0.4, 0.5) is 17.2 Å². The standard InChI is InChI=1S/C34H30N4.2C2H6/c1-24(25-12-4-2-5-13-25)20-21-33(35)38-32-19-11-9-17-29(32)30(34(38)36)23-28-22-26-14-8-10-18-31(26)37(28)27-15-6-3-7-16-27;2*1-2/h2-21,23H,22,35-36H2,1H3;2*1-2H3/b24-20+,28-23+,33-21+;;. The number of benzene rings is 4. The lowest BCUT2D eigenvalue weighted by molar-refractivity contribution is 1.13. The summed E-state index contributed by atoms with van der Waals surface area (Å²) in [6, 6.07) is 37.6. The molecule has 42 heavy (non-hydrogen) atoms. The third-order valence-corrected chi connectivity index (χ3v) is 7.16. The number of hydrogen-bond donors (Lipinski definition) is 2. The minimum atomic E-state index is 0.577. The third-order valence-electron chi connectivity index (χ3n) is 7.16. The second kappa shape index (κ2) is 14.1. The molecular weight excluding hydrogens is 512 g/mol. The molecule has 0 spiro atoms. The first kappa shape index (κ1) is 30.0. The van der Waals surface area contributed by atoms with E-state index in [0.717, 1.165) is 39.7 Å². The van der Waals surface area contributed by atoms with Crippen LogP contribution in [0, 0.1) is 0 Å². The van der Waals surface area contributed by atoms with Crippen molar-refractivity contribution in [3.8, 4) is 0 Å². The molecule has 5 aromatic rings. The molecule has 4 heteroatoms. The second-order valence-electron chi connectivity index (χ2n) is 9.57. The second-order valence-corrected chi connectivity index (χ2v) is 9.57. The Morgan fingerprint density at radius 3 is 2.02 bits per heavy atom. The summed E-state index contributed by atoms with van der Waals surface area (Å²) in [5, 5.41) is 1.07. The summed E-state index contributed by atoms with van der Waals surface area (Å²) in [6.07, 6.45) is 7.03. The van der Waals surface area contributed by atoms with E-state index in [1.165, 1.54) is 16.9 Å². The molecule has 0 fully saturated rings. The number of para-hydroxylation sites is 3. The summed E-state index contributed by atoms with van der Waals surface area (Å²) < 4.78 is 1.95. The highest BCUT2D eigenvalue weighted by Gasteiger charge is 2.26. The maximum Gasteiger partial charge on any atom is 0.117 e. The molecule has 4 N–H and O–H groups in total. The molecule has 0 amide bonds. The van der Waals surface area contributed by atoms with Gasteiger partial charge in [0, 0.05) is 34.4 Å². The Bertz CT molecular complexity index is 1710. The smallest absolute Gasteiger partial charge is 0.117 e. The van der Waals surface area contributed by atoms with Gasteiger partial charge in [0.2, 0.25) is 0 Å². The van der Waals surface area contributed by atoms with Gasteiger partial charge in [-0.15, -0.1) is 0 Å². The Hall–Kier alpha value is -4.96. The fourth-order valence-electron chi connectivity index (χ4n) is 5.27. The van der Waals surface area contributed by atoms with Crippen molar-refractivity contribution in [3.63, 3.8) is 0 Å². The van der Waals surface area contributed by atoms with E-state index in [4.69, 9.17) is 11.5 Å². The van der Waals surface area contributed by atoms with E-state index in [1.54, 1.807) is 0 Å². The van der Waals surface area contributed by atoms with Crippen molar-refractivity contribution >= 4 is 45.6 Å². The van der Waals surface area contributed by atoms with Gasteiger partial charge in [0.05, 0.1) is 5.52 Å². The van der Waals surface area contributed by atoms with Crippen molar-refractivity contribution < 1.29 is 0 Å². The van der Waals surface area contributed by atoms with Crippen LogP contribution >= 0.6 is 0 Å². The molecule has 1 aliphatic rings. The van der Waals surface area contributed by atoms with Gasteiger partial charge in [-0.3, -0.25) is 4.57 Å². The van der Waals surface area contributed by atoms with E-state index in [-0.39, 0.29) is 0 Å². The fourth-order valence-corrected chi connectivity index (χ4v) is 5.27. The average Bonchev–Trinajstić information content (AvgIpc) is 3.57. The number of hydrogen-bond acceptors (Lipinski definition) is 3. The van der Waals surface area contributed by atoms with Gasteiger partial charge in [0.1, 0.15) is 11.6 Å². The molecule has 0 saturated heterocycles. The summed E-state index contributed by atoms with van der Waals surface area (Å²) in [4.78, 5) is 2.33. The van der Waals surface area contributed by atoms with Crippen LogP contribution in [0.1, 0.15) is 51.3 Å². The highest BCUT2D eigenvalue weighted by atomic mass is 15.2. The molecule has 0 atom stereocenters. The van der Waals surface area contributed by atoms with Gasteiger partial charge >= 0.3 is 0 Å². The minimum absolute atomic E-state index is 0.577. The van der Waals surface area contributed by atoms with Crippen LogP contribution in [-0.2, 0) is 6.42 Å². The van der Waals surface area contributed by atoms with E-state index >= 15 is 0 Å². The Kier molecular flexibility index (Phi) is 10.1. The number of nitrogens with zero attached hydrogens (tertiary/aromatic N) is 2. The Balaban J connectivity index is 0.000000972. The van der Waals surface area contributed by atoms with E-state index in [1.807, 2.05) is 80.8 Å². The lowest BCUT2D eigenvalue weighted by Crippen LogP contribution is -2.12. The number of aromatic nitrogens is 1.